The molecule has 1 aromatic heterocycles. The van der Waals surface area contributed by atoms with E-state index in [1.165, 1.54) is 25.7 Å². The standard InChI is InChI=1S/C16H20N2/c1-2-3-4-8-11-15-12-18-16(13-17-15)14-9-6-5-7-10-14/h5-7,9-10,12-13H,2-4,8,11H2,1H3. The van der Waals surface area contributed by atoms with Crippen LogP contribution in [0.5, 0.6) is 0 Å². The van der Waals surface area contributed by atoms with E-state index >= 15 is 0 Å². The van der Waals surface area contributed by atoms with Gasteiger partial charge in [0.2, 0.25) is 0 Å². The predicted octanol–water partition coefficient (Wildman–Crippen LogP) is 4.27. The summed E-state index contributed by atoms with van der Waals surface area (Å²) in [7, 11) is 0. The van der Waals surface area contributed by atoms with Gasteiger partial charge in [0.1, 0.15) is 0 Å². The van der Waals surface area contributed by atoms with Gasteiger partial charge in [0.15, 0.2) is 0 Å². The summed E-state index contributed by atoms with van der Waals surface area (Å²) in [5.41, 5.74) is 3.18. The van der Waals surface area contributed by atoms with Crippen molar-refractivity contribution in [2.24, 2.45) is 0 Å². The van der Waals surface area contributed by atoms with Crippen LogP contribution in [0.4, 0.5) is 0 Å². The Kier molecular flexibility index (Phi) is 4.88. The number of unbranched alkanes of at least 4 members (excludes halogenated alkanes) is 3. The molecule has 0 bridgehead atoms. The molecule has 0 aliphatic carbocycles. The van der Waals surface area contributed by atoms with E-state index < -0.39 is 0 Å². The van der Waals surface area contributed by atoms with Crippen LogP contribution < -0.4 is 0 Å². The maximum atomic E-state index is 4.49. The van der Waals surface area contributed by atoms with Crippen LogP contribution in [-0.4, -0.2) is 9.97 Å². The second kappa shape index (κ2) is 6.90. The zero-order valence-corrected chi connectivity index (χ0v) is 11.0. The van der Waals surface area contributed by atoms with Crippen LogP contribution in [-0.2, 0) is 6.42 Å². The SMILES string of the molecule is CCCCCCc1cnc(-c2ccccc2)cn1. The number of aromatic nitrogens is 2. The van der Waals surface area contributed by atoms with Crippen molar-refractivity contribution in [1.82, 2.24) is 9.97 Å². The second-order valence-electron chi connectivity index (χ2n) is 4.57. The van der Waals surface area contributed by atoms with Crippen molar-refractivity contribution in [3.63, 3.8) is 0 Å². The molecule has 0 aliphatic heterocycles. The lowest BCUT2D eigenvalue weighted by molar-refractivity contribution is 0.659. The number of hydrogen-bond acceptors (Lipinski definition) is 2. The van der Waals surface area contributed by atoms with Crippen LogP contribution in [0.3, 0.4) is 0 Å². The molecule has 1 aromatic carbocycles. The zero-order valence-electron chi connectivity index (χ0n) is 11.0. The van der Waals surface area contributed by atoms with Gasteiger partial charge < -0.3 is 0 Å². The van der Waals surface area contributed by atoms with Gasteiger partial charge in [0.25, 0.3) is 0 Å². The van der Waals surface area contributed by atoms with Gasteiger partial charge in [0, 0.05) is 11.8 Å². The molecule has 18 heavy (non-hydrogen) atoms. The van der Waals surface area contributed by atoms with E-state index in [4.69, 9.17) is 0 Å². The van der Waals surface area contributed by atoms with E-state index in [1.807, 2.05) is 30.6 Å². The number of rotatable bonds is 6. The van der Waals surface area contributed by atoms with E-state index in [0.29, 0.717) is 0 Å². The molecule has 1 heterocycles. The summed E-state index contributed by atoms with van der Waals surface area (Å²) in [6.45, 7) is 2.23. The van der Waals surface area contributed by atoms with Crippen molar-refractivity contribution in [2.45, 2.75) is 39.0 Å². The molecule has 2 rings (SSSR count). The van der Waals surface area contributed by atoms with Gasteiger partial charge in [-0.2, -0.15) is 0 Å². The molecular weight excluding hydrogens is 220 g/mol. The van der Waals surface area contributed by atoms with Crippen LogP contribution in [0.25, 0.3) is 11.3 Å². The number of benzene rings is 1. The third kappa shape index (κ3) is 3.66. The van der Waals surface area contributed by atoms with Gasteiger partial charge >= 0.3 is 0 Å². The topological polar surface area (TPSA) is 25.8 Å². The van der Waals surface area contributed by atoms with Gasteiger partial charge in [0.05, 0.1) is 17.6 Å². The molecule has 0 saturated carbocycles. The van der Waals surface area contributed by atoms with Crippen molar-refractivity contribution in [1.29, 1.82) is 0 Å². The Morgan fingerprint density at radius 3 is 2.39 bits per heavy atom. The Balaban J connectivity index is 1.94. The molecule has 2 nitrogen and oxygen atoms in total. The molecule has 0 unspecified atom stereocenters. The Morgan fingerprint density at radius 2 is 1.72 bits per heavy atom. The molecule has 0 atom stereocenters. The molecule has 2 aromatic rings. The van der Waals surface area contributed by atoms with Gasteiger partial charge in [-0.3, -0.25) is 9.97 Å². The smallest absolute Gasteiger partial charge is 0.0885 e. The second-order valence-corrected chi connectivity index (χ2v) is 4.57. The van der Waals surface area contributed by atoms with Crippen LogP contribution >= 0.6 is 0 Å². The molecule has 0 N–H and O–H groups in total. The maximum Gasteiger partial charge on any atom is 0.0885 e. The first kappa shape index (κ1) is 12.7. The summed E-state index contributed by atoms with van der Waals surface area (Å²) < 4.78 is 0. The summed E-state index contributed by atoms with van der Waals surface area (Å²) >= 11 is 0. The largest absolute Gasteiger partial charge is 0.257 e. The van der Waals surface area contributed by atoms with Crippen LogP contribution in [0.2, 0.25) is 0 Å². The predicted molar refractivity (Wildman–Crippen MR) is 75.3 cm³/mol. The summed E-state index contributed by atoms with van der Waals surface area (Å²) in [5.74, 6) is 0. The van der Waals surface area contributed by atoms with Crippen LogP contribution in [0.15, 0.2) is 42.7 Å². The summed E-state index contributed by atoms with van der Waals surface area (Å²) in [5, 5.41) is 0. The fraction of sp³-hybridized carbons (Fsp3) is 0.375. The first-order chi connectivity index (χ1) is 8.90. The average molecular weight is 240 g/mol. The van der Waals surface area contributed by atoms with E-state index in [9.17, 15) is 0 Å². The number of aryl methyl sites for hydroxylation is 1. The summed E-state index contributed by atoms with van der Waals surface area (Å²) in [6.07, 6.45) is 9.93. The number of nitrogens with zero attached hydrogens (tertiary/aromatic N) is 2. The van der Waals surface area contributed by atoms with E-state index in [0.717, 1.165) is 23.4 Å². The highest BCUT2D eigenvalue weighted by molar-refractivity contribution is 5.57. The fourth-order valence-electron chi connectivity index (χ4n) is 1.97. The molecule has 0 aliphatic rings. The Hall–Kier alpha value is -1.70. The lowest BCUT2D eigenvalue weighted by Crippen LogP contribution is -1.93. The first-order valence-corrected chi connectivity index (χ1v) is 6.76. The highest BCUT2D eigenvalue weighted by atomic mass is 14.8. The monoisotopic (exact) mass is 240 g/mol. The minimum absolute atomic E-state index is 0.952. The Bertz CT molecular complexity index is 448. The Morgan fingerprint density at radius 1 is 0.889 bits per heavy atom. The Labute approximate surface area is 109 Å². The highest BCUT2D eigenvalue weighted by Gasteiger charge is 2.00. The van der Waals surface area contributed by atoms with Crippen molar-refractivity contribution in [3.05, 3.63) is 48.4 Å². The fourth-order valence-corrected chi connectivity index (χ4v) is 1.97. The minimum Gasteiger partial charge on any atom is -0.257 e. The van der Waals surface area contributed by atoms with Gasteiger partial charge in [-0.25, -0.2) is 0 Å². The number of hydrogen-bond donors (Lipinski definition) is 0. The van der Waals surface area contributed by atoms with Gasteiger partial charge in [-0.1, -0.05) is 56.5 Å². The molecule has 0 radical (unpaired) electrons. The summed E-state index contributed by atoms with van der Waals surface area (Å²) in [4.78, 5) is 8.98. The van der Waals surface area contributed by atoms with Crippen molar-refractivity contribution >= 4 is 0 Å². The third-order valence-electron chi connectivity index (χ3n) is 3.06. The van der Waals surface area contributed by atoms with Gasteiger partial charge in [-0.05, 0) is 12.8 Å². The third-order valence-corrected chi connectivity index (χ3v) is 3.06. The average Bonchev–Trinajstić information content (AvgIpc) is 2.45. The molecule has 2 heteroatoms. The lowest BCUT2D eigenvalue weighted by atomic mass is 10.1. The van der Waals surface area contributed by atoms with E-state index in [2.05, 4.69) is 29.0 Å². The van der Waals surface area contributed by atoms with Crippen LogP contribution in [0.1, 0.15) is 38.3 Å². The molecule has 0 amide bonds. The summed E-state index contributed by atoms with van der Waals surface area (Å²) in [6, 6.07) is 10.2. The minimum atomic E-state index is 0.952. The highest BCUT2D eigenvalue weighted by Crippen LogP contribution is 2.15. The van der Waals surface area contributed by atoms with Crippen LogP contribution in [0, 0.1) is 0 Å². The van der Waals surface area contributed by atoms with E-state index in [1.54, 1.807) is 0 Å². The van der Waals surface area contributed by atoms with Crippen molar-refractivity contribution in [2.75, 3.05) is 0 Å². The van der Waals surface area contributed by atoms with E-state index in [-0.39, 0.29) is 0 Å². The molecular formula is C16H20N2. The molecule has 0 spiro atoms. The lowest BCUT2D eigenvalue weighted by Gasteiger charge is -2.03. The quantitative estimate of drug-likeness (QED) is 0.705. The zero-order chi connectivity index (χ0) is 12.6. The first-order valence-electron chi connectivity index (χ1n) is 6.76. The van der Waals surface area contributed by atoms with Crippen molar-refractivity contribution in [3.8, 4) is 11.3 Å². The molecule has 0 fully saturated rings. The van der Waals surface area contributed by atoms with Crippen molar-refractivity contribution < 1.29 is 0 Å². The molecule has 0 saturated heterocycles. The molecule has 94 valence electrons. The maximum absolute atomic E-state index is 4.49. The van der Waals surface area contributed by atoms with Gasteiger partial charge in [-0.15, -0.1) is 0 Å². The normalized spacial score (nSPS) is 10.5.